The molecular weight excluding hydrogens is 294 g/mol. The second-order valence-electron chi connectivity index (χ2n) is 4.88. The second kappa shape index (κ2) is 6.26. The molecule has 1 aromatic carbocycles. The largest absolute Gasteiger partial charge is 0.313 e. The van der Waals surface area contributed by atoms with E-state index in [1.807, 2.05) is 11.8 Å². The zero-order valence-electron chi connectivity index (χ0n) is 10.4. The van der Waals surface area contributed by atoms with Crippen molar-refractivity contribution in [3.05, 3.63) is 29.8 Å². The molecule has 1 aliphatic heterocycles. The Hall–Kier alpha value is 0.01000. The van der Waals surface area contributed by atoms with Gasteiger partial charge in [0.25, 0.3) is 0 Å². The Morgan fingerprint density at radius 3 is 2.88 bits per heavy atom. The molecule has 0 spiro atoms. The molecule has 0 fully saturated rings. The molecule has 2 rings (SSSR count). The Bertz CT molecular complexity index is 342. The van der Waals surface area contributed by atoms with Crippen molar-refractivity contribution in [3.8, 4) is 0 Å². The van der Waals surface area contributed by atoms with E-state index in [4.69, 9.17) is 0 Å². The van der Waals surface area contributed by atoms with Gasteiger partial charge in [0.15, 0.2) is 0 Å². The van der Waals surface area contributed by atoms with Gasteiger partial charge in [-0.05, 0) is 31.4 Å². The van der Waals surface area contributed by atoms with Gasteiger partial charge in [0, 0.05) is 27.6 Å². The zero-order chi connectivity index (χ0) is 12.3. The van der Waals surface area contributed by atoms with E-state index in [2.05, 4.69) is 59.4 Å². The molecule has 0 saturated heterocycles. The lowest BCUT2D eigenvalue weighted by molar-refractivity contribution is 0.514. The van der Waals surface area contributed by atoms with Crippen LogP contribution in [0.1, 0.15) is 25.8 Å². The third kappa shape index (κ3) is 4.01. The van der Waals surface area contributed by atoms with E-state index in [0.29, 0.717) is 16.1 Å². The summed E-state index contributed by atoms with van der Waals surface area (Å²) in [4.78, 5) is 2.07. The summed E-state index contributed by atoms with van der Waals surface area (Å²) in [5, 5.41) is 4.35. The van der Waals surface area contributed by atoms with Crippen molar-refractivity contribution in [1.82, 2.24) is 5.32 Å². The summed E-state index contributed by atoms with van der Waals surface area (Å²) in [5.74, 6) is 0. The molecule has 0 aromatic heterocycles. The number of alkyl halides is 1. The first-order valence-corrected chi connectivity index (χ1v) is 8.06. The van der Waals surface area contributed by atoms with E-state index >= 15 is 0 Å². The van der Waals surface area contributed by atoms with Crippen LogP contribution in [-0.4, -0.2) is 22.7 Å². The lowest BCUT2D eigenvalue weighted by Gasteiger charge is -2.17. The van der Waals surface area contributed by atoms with Crippen LogP contribution >= 0.6 is 27.7 Å². The maximum Gasteiger partial charge on any atom is 0.0260 e. The highest BCUT2D eigenvalue weighted by Crippen LogP contribution is 2.36. The fraction of sp³-hybridized carbons (Fsp3) is 0.571. The minimum atomic E-state index is 0.591. The molecule has 94 valence electrons. The topological polar surface area (TPSA) is 12.0 Å². The number of benzene rings is 1. The summed E-state index contributed by atoms with van der Waals surface area (Å²) in [7, 11) is 0. The molecule has 3 heteroatoms. The van der Waals surface area contributed by atoms with E-state index in [1.54, 1.807) is 0 Å². The molecule has 3 unspecified atom stereocenters. The van der Waals surface area contributed by atoms with Gasteiger partial charge in [0.05, 0.1) is 0 Å². The molecule has 3 atom stereocenters. The monoisotopic (exact) mass is 313 g/mol. The number of nitrogens with one attached hydrogen (secondary N) is 1. The van der Waals surface area contributed by atoms with Crippen molar-refractivity contribution in [2.24, 2.45) is 0 Å². The van der Waals surface area contributed by atoms with Crippen LogP contribution in [0.4, 0.5) is 0 Å². The van der Waals surface area contributed by atoms with E-state index in [1.165, 1.54) is 23.3 Å². The third-order valence-corrected chi connectivity index (χ3v) is 4.78. The van der Waals surface area contributed by atoms with Crippen molar-refractivity contribution in [2.45, 2.75) is 47.7 Å². The number of halogens is 1. The molecule has 0 saturated carbocycles. The van der Waals surface area contributed by atoms with E-state index in [0.717, 1.165) is 6.54 Å². The van der Waals surface area contributed by atoms with Crippen LogP contribution in [0.15, 0.2) is 29.2 Å². The van der Waals surface area contributed by atoms with Crippen molar-refractivity contribution >= 4 is 27.7 Å². The Labute approximate surface area is 117 Å². The first-order valence-electron chi connectivity index (χ1n) is 6.27. The van der Waals surface area contributed by atoms with E-state index in [-0.39, 0.29) is 0 Å². The maximum atomic E-state index is 3.64. The standard InChI is InChI=1S/C14H20BrNS/c1-10(15)7-11(2)16-9-13-8-12-5-3-4-6-14(12)17-13/h3-6,10-11,13,16H,7-9H2,1-2H3. The van der Waals surface area contributed by atoms with E-state index < -0.39 is 0 Å². The SMILES string of the molecule is CC(Br)CC(C)NCC1Cc2ccccc2S1. The Balaban J connectivity index is 1.76. The summed E-state index contributed by atoms with van der Waals surface area (Å²) < 4.78 is 0. The van der Waals surface area contributed by atoms with Gasteiger partial charge in [-0.1, -0.05) is 41.1 Å². The van der Waals surface area contributed by atoms with Gasteiger partial charge in [0.1, 0.15) is 0 Å². The molecule has 1 aromatic rings. The number of thioether (sulfide) groups is 1. The summed E-state index contributed by atoms with van der Waals surface area (Å²) in [6.07, 6.45) is 2.40. The molecule has 0 aliphatic carbocycles. The number of fused-ring (bicyclic) bond motifs is 1. The maximum absolute atomic E-state index is 3.64. The van der Waals surface area contributed by atoms with Crippen molar-refractivity contribution in [2.75, 3.05) is 6.54 Å². The number of hydrogen-bond donors (Lipinski definition) is 1. The van der Waals surface area contributed by atoms with Crippen LogP contribution < -0.4 is 5.32 Å². The van der Waals surface area contributed by atoms with Crippen LogP contribution in [0.25, 0.3) is 0 Å². The minimum Gasteiger partial charge on any atom is -0.313 e. The van der Waals surface area contributed by atoms with Crippen LogP contribution in [0.3, 0.4) is 0 Å². The first-order chi connectivity index (χ1) is 8.15. The molecule has 17 heavy (non-hydrogen) atoms. The van der Waals surface area contributed by atoms with Gasteiger partial charge in [-0.3, -0.25) is 0 Å². The van der Waals surface area contributed by atoms with Crippen LogP contribution in [0, 0.1) is 0 Å². The average molecular weight is 314 g/mol. The molecule has 1 heterocycles. The quantitative estimate of drug-likeness (QED) is 0.829. The summed E-state index contributed by atoms with van der Waals surface area (Å²) >= 11 is 5.63. The van der Waals surface area contributed by atoms with Gasteiger partial charge >= 0.3 is 0 Å². The van der Waals surface area contributed by atoms with Crippen molar-refractivity contribution < 1.29 is 0 Å². The van der Waals surface area contributed by atoms with Crippen molar-refractivity contribution in [1.29, 1.82) is 0 Å². The summed E-state index contributed by atoms with van der Waals surface area (Å²) in [6, 6.07) is 9.37. The fourth-order valence-corrected chi connectivity index (χ4v) is 4.09. The molecule has 0 amide bonds. The highest BCUT2D eigenvalue weighted by Gasteiger charge is 2.21. The molecular formula is C14H20BrNS. The predicted octanol–water partition coefficient (Wildman–Crippen LogP) is 3.86. The highest BCUT2D eigenvalue weighted by atomic mass is 79.9. The zero-order valence-corrected chi connectivity index (χ0v) is 12.9. The number of hydrogen-bond acceptors (Lipinski definition) is 2. The summed E-state index contributed by atoms with van der Waals surface area (Å²) in [5.41, 5.74) is 1.52. The molecule has 1 N–H and O–H groups in total. The second-order valence-corrected chi connectivity index (χ2v) is 7.78. The molecule has 0 bridgehead atoms. The van der Waals surface area contributed by atoms with Crippen LogP contribution in [0.2, 0.25) is 0 Å². The van der Waals surface area contributed by atoms with Gasteiger partial charge in [-0.25, -0.2) is 0 Å². The fourth-order valence-electron chi connectivity index (χ4n) is 2.27. The Morgan fingerprint density at radius 2 is 2.18 bits per heavy atom. The normalized spacial score (nSPS) is 22.2. The van der Waals surface area contributed by atoms with Gasteiger partial charge in [-0.2, -0.15) is 0 Å². The minimum absolute atomic E-state index is 0.591. The number of rotatable bonds is 5. The summed E-state index contributed by atoms with van der Waals surface area (Å²) in [6.45, 7) is 5.59. The van der Waals surface area contributed by atoms with Gasteiger partial charge < -0.3 is 5.32 Å². The van der Waals surface area contributed by atoms with Crippen molar-refractivity contribution in [3.63, 3.8) is 0 Å². The highest BCUT2D eigenvalue weighted by molar-refractivity contribution is 9.09. The molecule has 1 aliphatic rings. The Morgan fingerprint density at radius 1 is 1.41 bits per heavy atom. The van der Waals surface area contributed by atoms with Crippen LogP contribution in [-0.2, 0) is 6.42 Å². The first kappa shape index (κ1) is 13.4. The van der Waals surface area contributed by atoms with E-state index in [9.17, 15) is 0 Å². The lowest BCUT2D eigenvalue weighted by Crippen LogP contribution is -2.33. The smallest absolute Gasteiger partial charge is 0.0260 e. The van der Waals surface area contributed by atoms with Crippen LogP contribution in [0.5, 0.6) is 0 Å². The average Bonchev–Trinajstić information content (AvgIpc) is 2.68. The van der Waals surface area contributed by atoms with Gasteiger partial charge in [-0.15, -0.1) is 11.8 Å². The Kier molecular flexibility index (Phi) is 4.95. The molecule has 0 radical (unpaired) electrons. The lowest BCUT2D eigenvalue weighted by atomic mass is 10.1. The molecule has 1 nitrogen and oxygen atoms in total. The predicted molar refractivity (Wildman–Crippen MR) is 80.3 cm³/mol. The van der Waals surface area contributed by atoms with Gasteiger partial charge in [0.2, 0.25) is 0 Å². The third-order valence-electron chi connectivity index (χ3n) is 3.09.